The van der Waals surface area contributed by atoms with E-state index in [2.05, 4.69) is 29.5 Å². The zero-order valence-electron chi connectivity index (χ0n) is 12.9. The van der Waals surface area contributed by atoms with Gasteiger partial charge in [0.05, 0.1) is 19.0 Å². The van der Waals surface area contributed by atoms with Gasteiger partial charge < -0.3 is 14.8 Å². The van der Waals surface area contributed by atoms with Crippen molar-refractivity contribution in [3.63, 3.8) is 0 Å². The first-order valence-corrected chi connectivity index (χ1v) is 7.22. The molecule has 2 aromatic rings. The summed E-state index contributed by atoms with van der Waals surface area (Å²) in [5.41, 5.74) is 2.48. The van der Waals surface area contributed by atoms with Gasteiger partial charge in [-0.05, 0) is 37.1 Å². The maximum Gasteiger partial charge on any atom is 0.165 e. The number of methoxy groups -OCH3 is 1. The lowest BCUT2D eigenvalue weighted by Gasteiger charge is -2.10. The van der Waals surface area contributed by atoms with Crippen LogP contribution in [-0.4, -0.2) is 30.0 Å². The summed E-state index contributed by atoms with van der Waals surface area (Å²) in [7, 11) is 1.71. The van der Waals surface area contributed by atoms with E-state index < -0.39 is 0 Å². The molecule has 1 heterocycles. The fraction of sp³-hybridized carbons (Fsp3) is 0.438. The molecule has 1 N–H and O–H groups in total. The van der Waals surface area contributed by atoms with Crippen LogP contribution < -0.4 is 10.1 Å². The van der Waals surface area contributed by atoms with Gasteiger partial charge in [0, 0.05) is 26.7 Å². The average Bonchev–Trinajstić information content (AvgIpc) is 2.93. The molecule has 0 aliphatic carbocycles. The Hall–Kier alpha value is -1.85. The van der Waals surface area contributed by atoms with Gasteiger partial charge in [-0.15, -0.1) is 0 Å². The molecule has 2 rings (SSSR count). The molecule has 0 amide bonds. The molecule has 0 fully saturated rings. The second-order valence-electron chi connectivity index (χ2n) is 4.89. The van der Waals surface area contributed by atoms with Gasteiger partial charge >= 0.3 is 0 Å². The fourth-order valence-corrected chi connectivity index (χ4v) is 2.03. The van der Waals surface area contributed by atoms with Crippen LogP contribution in [0.3, 0.4) is 0 Å². The zero-order valence-corrected chi connectivity index (χ0v) is 12.9. The van der Waals surface area contributed by atoms with Crippen molar-refractivity contribution in [3.05, 3.63) is 41.7 Å². The second kappa shape index (κ2) is 7.81. The van der Waals surface area contributed by atoms with E-state index in [-0.39, 0.29) is 0 Å². The minimum Gasteiger partial charge on any atom is -0.454 e. The van der Waals surface area contributed by atoms with Crippen LogP contribution in [0.5, 0.6) is 11.5 Å². The highest BCUT2D eigenvalue weighted by Crippen LogP contribution is 2.23. The highest BCUT2D eigenvalue weighted by atomic mass is 16.5. The summed E-state index contributed by atoms with van der Waals surface area (Å²) in [5.74, 6) is 1.60. The molecule has 1 aromatic heterocycles. The third-order valence-corrected chi connectivity index (χ3v) is 3.28. The van der Waals surface area contributed by atoms with E-state index in [1.54, 1.807) is 13.3 Å². The highest BCUT2D eigenvalue weighted by molar-refractivity contribution is 5.37. The van der Waals surface area contributed by atoms with Crippen molar-refractivity contribution in [1.29, 1.82) is 0 Å². The Labute approximate surface area is 125 Å². The Morgan fingerprint density at radius 3 is 2.81 bits per heavy atom. The molecule has 0 spiro atoms. The van der Waals surface area contributed by atoms with E-state index in [9.17, 15) is 0 Å². The largest absolute Gasteiger partial charge is 0.454 e. The van der Waals surface area contributed by atoms with Crippen LogP contribution in [0.15, 0.2) is 30.6 Å². The Bertz CT molecular complexity index is 566. The van der Waals surface area contributed by atoms with E-state index in [4.69, 9.17) is 9.47 Å². The van der Waals surface area contributed by atoms with Crippen molar-refractivity contribution in [3.8, 4) is 11.5 Å². The van der Waals surface area contributed by atoms with E-state index in [0.29, 0.717) is 0 Å². The van der Waals surface area contributed by atoms with E-state index in [1.807, 2.05) is 23.9 Å². The summed E-state index contributed by atoms with van der Waals surface area (Å²) in [4.78, 5) is 0. The van der Waals surface area contributed by atoms with Gasteiger partial charge in [0.25, 0.3) is 0 Å². The third kappa shape index (κ3) is 4.58. The molecule has 0 bridgehead atoms. The Balaban J connectivity index is 1.94. The van der Waals surface area contributed by atoms with Crippen LogP contribution in [0.4, 0.5) is 0 Å². The molecule has 114 valence electrons. The van der Waals surface area contributed by atoms with Crippen molar-refractivity contribution in [1.82, 2.24) is 15.1 Å². The van der Waals surface area contributed by atoms with E-state index in [0.717, 1.165) is 37.7 Å². The predicted octanol–water partition coefficient (Wildman–Crippen LogP) is 2.74. The number of nitrogens with zero attached hydrogens (tertiary/aromatic N) is 2. The molecule has 0 radical (unpaired) electrons. The first-order valence-electron chi connectivity index (χ1n) is 7.22. The summed E-state index contributed by atoms with van der Waals surface area (Å²) in [6.07, 6.45) is 3.63. The molecule has 0 saturated carbocycles. The van der Waals surface area contributed by atoms with Crippen molar-refractivity contribution in [2.75, 3.05) is 20.3 Å². The molecule has 5 heteroatoms. The van der Waals surface area contributed by atoms with Gasteiger partial charge in [-0.2, -0.15) is 5.10 Å². The Morgan fingerprint density at radius 2 is 2.14 bits per heavy atom. The van der Waals surface area contributed by atoms with Gasteiger partial charge in [-0.3, -0.25) is 4.68 Å². The number of hydrogen-bond acceptors (Lipinski definition) is 4. The molecule has 0 aliphatic rings. The smallest absolute Gasteiger partial charge is 0.165 e. The van der Waals surface area contributed by atoms with Crippen LogP contribution in [0.1, 0.15) is 18.1 Å². The molecule has 0 atom stereocenters. The number of hydrogen-bond donors (Lipinski definition) is 1. The highest BCUT2D eigenvalue weighted by Gasteiger charge is 2.04. The first kappa shape index (κ1) is 15.5. The molecule has 0 unspecified atom stereocenters. The molecular formula is C16H23N3O2. The van der Waals surface area contributed by atoms with Crippen LogP contribution >= 0.6 is 0 Å². The summed E-state index contributed by atoms with van der Waals surface area (Å²) < 4.78 is 12.7. The van der Waals surface area contributed by atoms with Crippen LogP contribution in [0, 0.1) is 6.92 Å². The predicted molar refractivity (Wildman–Crippen MR) is 82.7 cm³/mol. The van der Waals surface area contributed by atoms with Gasteiger partial charge in [0.2, 0.25) is 0 Å². The summed E-state index contributed by atoms with van der Waals surface area (Å²) in [6, 6.07) is 6.13. The molecule has 1 aromatic carbocycles. The number of rotatable bonds is 8. The van der Waals surface area contributed by atoms with Crippen LogP contribution in [0.25, 0.3) is 0 Å². The maximum atomic E-state index is 5.82. The van der Waals surface area contributed by atoms with Crippen LogP contribution in [0.2, 0.25) is 0 Å². The topological polar surface area (TPSA) is 48.3 Å². The number of aryl methyl sites for hydroxylation is 2. The minimum absolute atomic E-state index is 0.724. The Morgan fingerprint density at radius 1 is 1.29 bits per heavy atom. The quantitative estimate of drug-likeness (QED) is 0.759. The molecule has 21 heavy (non-hydrogen) atoms. The summed E-state index contributed by atoms with van der Waals surface area (Å²) in [5, 5.41) is 7.54. The second-order valence-corrected chi connectivity index (χ2v) is 4.89. The van der Waals surface area contributed by atoms with Gasteiger partial charge in [-0.25, -0.2) is 0 Å². The van der Waals surface area contributed by atoms with Crippen molar-refractivity contribution >= 4 is 0 Å². The molecular weight excluding hydrogens is 266 g/mol. The number of aromatic nitrogens is 2. The first-order chi connectivity index (χ1) is 10.2. The van der Waals surface area contributed by atoms with Crippen molar-refractivity contribution < 1.29 is 9.47 Å². The molecule has 5 nitrogen and oxygen atoms in total. The third-order valence-electron chi connectivity index (χ3n) is 3.28. The monoisotopic (exact) mass is 289 g/mol. The SMILES string of the molecule is CCn1cc(Oc2ccc(CNCCOC)c(C)c2)cn1. The van der Waals surface area contributed by atoms with Gasteiger partial charge in [0.1, 0.15) is 5.75 Å². The van der Waals surface area contributed by atoms with Crippen molar-refractivity contribution in [2.45, 2.75) is 26.9 Å². The van der Waals surface area contributed by atoms with E-state index in [1.165, 1.54) is 11.1 Å². The number of nitrogens with one attached hydrogen (secondary N) is 1. The summed E-state index contributed by atoms with van der Waals surface area (Å²) in [6.45, 7) is 7.39. The van der Waals surface area contributed by atoms with E-state index >= 15 is 0 Å². The summed E-state index contributed by atoms with van der Waals surface area (Å²) >= 11 is 0. The lowest BCUT2D eigenvalue weighted by molar-refractivity contribution is 0.199. The maximum absolute atomic E-state index is 5.82. The van der Waals surface area contributed by atoms with Gasteiger partial charge in [0.15, 0.2) is 5.75 Å². The fourth-order valence-electron chi connectivity index (χ4n) is 2.03. The van der Waals surface area contributed by atoms with Crippen LogP contribution in [-0.2, 0) is 17.8 Å². The molecule has 0 aliphatic heterocycles. The average molecular weight is 289 g/mol. The molecule has 0 saturated heterocycles. The minimum atomic E-state index is 0.724. The normalized spacial score (nSPS) is 10.8. The lowest BCUT2D eigenvalue weighted by Crippen LogP contribution is -2.19. The lowest BCUT2D eigenvalue weighted by atomic mass is 10.1. The number of ether oxygens (including phenoxy) is 2. The number of benzene rings is 1. The standard InChI is InChI=1S/C16H23N3O2/c1-4-19-12-16(11-18-19)21-15-6-5-14(13(2)9-15)10-17-7-8-20-3/h5-6,9,11-12,17H,4,7-8,10H2,1-3H3. The Kier molecular flexibility index (Phi) is 5.78. The van der Waals surface area contributed by atoms with Crippen molar-refractivity contribution in [2.24, 2.45) is 0 Å². The zero-order chi connectivity index (χ0) is 15.1. The van der Waals surface area contributed by atoms with Gasteiger partial charge in [-0.1, -0.05) is 6.07 Å².